The van der Waals surface area contributed by atoms with Gasteiger partial charge in [-0.2, -0.15) is 0 Å². The molecule has 0 bridgehead atoms. The fourth-order valence-electron chi connectivity index (χ4n) is 1.77. The van der Waals surface area contributed by atoms with Crippen LogP contribution in [0.1, 0.15) is 5.56 Å². The van der Waals surface area contributed by atoms with Gasteiger partial charge >= 0.3 is 0 Å². The lowest BCUT2D eigenvalue weighted by Gasteiger charge is -2.03. The molecule has 0 saturated carbocycles. The van der Waals surface area contributed by atoms with Crippen molar-refractivity contribution in [2.24, 2.45) is 0 Å². The van der Waals surface area contributed by atoms with Gasteiger partial charge in [0.05, 0.1) is 12.4 Å². The summed E-state index contributed by atoms with van der Waals surface area (Å²) < 4.78 is 12.6. The lowest BCUT2D eigenvalue weighted by molar-refractivity contribution is 0.286. The SMILES string of the molecule is C=C1Oc2cn(Cc3ccccc3)cc2O1. The van der Waals surface area contributed by atoms with Crippen LogP contribution in [0.4, 0.5) is 0 Å². The van der Waals surface area contributed by atoms with E-state index in [9.17, 15) is 0 Å². The first-order chi connectivity index (χ1) is 7.81. The van der Waals surface area contributed by atoms with E-state index in [1.54, 1.807) is 0 Å². The Balaban J connectivity index is 1.83. The molecule has 3 rings (SSSR count). The monoisotopic (exact) mass is 213 g/mol. The average molecular weight is 213 g/mol. The van der Waals surface area contributed by atoms with Crippen molar-refractivity contribution >= 4 is 0 Å². The van der Waals surface area contributed by atoms with Crippen molar-refractivity contribution in [3.63, 3.8) is 0 Å². The van der Waals surface area contributed by atoms with E-state index < -0.39 is 0 Å². The number of ether oxygens (including phenoxy) is 2. The van der Waals surface area contributed by atoms with E-state index in [-0.39, 0.29) is 0 Å². The summed E-state index contributed by atoms with van der Waals surface area (Å²) in [7, 11) is 0. The average Bonchev–Trinajstić information content (AvgIpc) is 2.76. The van der Waals surface area contributed by atoms with Gasteiger partial charge in [-0.15, -0.1) is 0 Å². The smallest absolute Gasteiger partial charge is 0.283 e. The van der Waals surface area contributed by atoms with Crippen LogP contribution in [0.25, 0.3) is 0 Å². The van der Waals surface area contributed by atoms with Gasteiger partial charge in [0.15, 0.2) is 11.5 Å². The maximum absolute atomic E-state index is 5.29. The largest absolute Gasteiger partial charge is 0.421 e. The summed E-state index contributed by atoms with van der Waals surface area (Å²) in [6.45, 7) is 4.41. The standard InChI is InChI=1S/C13H11NO2/c1-10-15-12-8-14(9-13(12)16-10)7-11-5-3-2-4-6-11/h2-6,8-9H,1,7H2. The normalized spacial score (nSPS) is 13.1. The number of hydrogen-bond acceptors (Lipinski definition) is 2. The van der Waals surface area contributed by atoms with Gasteiger partial charge in [0.25, 0.3) is 5.95 Å². The third-order valence-corrected chi connectivity index (χ3v) is 2.46. The Hall–Kier alpha value is -2.16. The molecule has 80 valence electrons. The van der Waals surface area contributed by atoms with Crippen molar-refractivity contribution in [3.8, 4) is 11.5 Å². The highest BCUT2D eigenvalue weighted by Gasteiger charge is 2.19. The first-order valence-electron chi connectivity index (χ1n) is 5.09. The number of fused-ring (bicyclic) bond motifs is 1. The second kappa shape index (κ2) is 3.45. The third-order valence-electron chi connectivity index (χ3n) is 2.46. The number of aromatic nitrogens is 1. The van der Waals surface area contributed by atoms with Gasteiger partial charge in [-0.05, 0) is 12.1 Å². The van der Waals surface area contributed by atoms with Crippen molar-refractivity contribution in [2.45, 2.75) is 6.54 Å². The van der Waals surface area contributed by atoms with Crippen LogP contribution in [0.5, 0.6) is 11.5 Å². The highest BCUT2D eigenvalue weighted by Crippen LogP contribution is 2.36. The van der Waals surface area contributed by atoms with Crippen LogP contribution in [0.3, 0.4) is 0 Å². The van der Waals surface area contributed by atoms with Gasteiger partial charge in [-0.25, -0.2) is 0 Å². The number of benzene rings is 1. The zero-order valence-corrected chi connectivity index (χ0v) is 8.72. The summed E-state index contributed by atoms with van der Waals surface area (Å²) in [6, 6.07) is 10.2. The summed E-state index contributed by atoms with van der Waals surface area (Å²) >= 11 is 0. The molecule has 0 aliphatic carbocycles. The lowest BCUT2D eigenvalue weighted by Crippen LogP contribution is -1.98. The zero-order chi connectivity index (χ0) is 11.0. The Labute approximate surface area is 93.5 Å². The van der Waals surface area contributed by atoms with Gasteiger partial charge in [0, 0.05) is 6.54 Å². The van der Waals surface area contributed by atoms with Crippen molar-refractivity contribution < 1.29 is 9.47 Å². The van der Waals surface area contributed by atoms with E-state index in [1.807, 2.05) is 35.2 Å². The predicted molar refractivity (Wildman–Crippen MR) is 60.4 cm³/mol. The van der Waals surface area contributed by atoms with Crippen LogP contribution in [0.2, 0.25) is 0 Å². The fraction of sp³-hybridized carbons (Fsp3) is 0.0769. The molecule has 2 heterocycles. The third kappa shape index (κ3) is 1.56. The summed E-state index contributed by atoms with van der Waals surface area (Å²) in [4.78, 5) is 0. The van der Waals surface area contributed by atoms with E-state index in [2.05, 4.69) is 18.7 Å². The van der Waals surface area contributed by atoms with E-state index in [0.29, 0.717) is 5.95 Å². The molecule has 1 aromatic carbocycles. The fourth-order valence-corrected chi connectivity index (χ4v) is 1.77. The molecule has 2 aromatic rings. The molecular formula is C13H11NO2. The van der Waals surface area contributed by atoms with Gasteiger partial charge in [-0.1, -0.05) is 30.3 Å². The van der Waals surface area contributed by atoms with Gasteiger partial charge < -0.3 is 14.0 Å². The second-order valence-corrected chi connectivity index (χ2v) is 3.72. The molecule has 1 aliphatic heterocycles. The summed E-state index contributed by atoms with van der Waals surface area (Å²) in [5.41, 5.74) is 1.25. The van der Waals surface area contributed by atoms with Crippen LogP contribution < -0.4 is 9.47 Å². The van der Waals surface area contributed by atoms with Crippen LogP contribution in [0, 0.1) is 0 Å². The molecular weight excluding hydrogens is 202 g/mol. The van der Waals surface area contributed by atoms with Crippen molar-refractivity contribution in [1.29, 1.82) is 0 Å². The predicted octanol–water partition coefficient (Wildman–Crippen LogP) is 2.78. The molecule has 0 N–H and O–H groups in total. The van der Waals surface area contributed by atoms with Crippen molar-refractivity contribution in [3.05, 3.63) is 60.8 Å². The molecule has 0 radical (unpaired) electrons. The van der Waals surface area contributed by atoms with Crippen LogP contribution in [-0.2, 0) is 6.54 Å². The Morgan fingerprint density at radius 1 is 1.00 bits per heavy atom. The molecule has 0 amide bonds. The molecule has 0 atom stereocenters. The minimum absolute atomic E-state index is 0.344. The number of hydrogen-bond donors (Lipinski definition) is 0. The van der Waals surface area contributed by atoms with Crippen molar-refractivity contribution in [1.82, 2.24) is 4.57 Å². The second-order valence-electron chi connectivity index (χ2n) is 3.72. The van der Waals surface area contributed by atoms with Crippen molar-refractivity contribution in [2.75, 3.05) is 0 Å². The minimum atomic E-state index is 0.344. The summed E-state index contributed by atoms with van der Waals surface area (Å²) in [6.07, 6.45) is 3.83. The van der Waals surface area contributed by atoms with E-state index in [4.69, 9.17) is 9.47 Å². The molecule has 0 unspecified atom stereocenters. The maximum atomic E-state index is 5.29. The highest BCUT2D eigenvalue weighted by atomic mass is 16.7. The first kappa shape index (κ1) is 9.09. The topological polar surface area (TPSA) is 23.4 Å². The first-order valence-corrected chi connectivity index (χ1v) is 5.09. The van der Waals surface area contributed by atoms with Gasteiger partial charge in [0.1, 0.15) is 0 Å². The molecule has 3 heteroatoms. The molecule has 0 spiro atoms. The molecule has 1 aliphatic rings. The quantitative estimate of drug-likeness (QED) is 0.765. The Kier molecular flexibility index (Phi) is 1.96. The van der Waals surface area contributed by atoms with Crippen LogP contribution in [-0.4, -0.2) is 4.57 Å². The molecule has 3 nitrogen and oxygen atoms in total. The lowest BCUT2D eigenvalue weighted by atomic mass is 10.2. The van der Waals surface area contributed by atoms with E-state index in [1.165, 1.54) is 5.56 Å². The molecule has 1 aromatic heterocycles. The highest BCUT2D eigenvalue weighted by molar-refractivity contribution is 5.43. The van der Waals surface area contributed by atoms with Crippen LogP contribution in [0.15, 0.2) is 55.2 Å². The maximum Gasteiger partial charge on any atom is 0.283 e. The Morgan fingerprint density at radius 3 is 2.25 bits per heavy atom. The van der Waals surface area contributed by atoms with Gasteiger partial charge in [-0.3, -0.25) is 0 Å². The number of nitrogens with zero attached hydrogens (tertiary/aromatic N) is 1. The Morgan fingerprint density at radius 2 is 1.62 bits per heavy atom. The summed E-state index contributed by atoms with van der Waals surface area (Å²) in [5.74, 6) is 1.82. The minimum Gasteiger partial charge on any atom is -0.421 e. The summed E-state index contributed by atoms with van der Waals surface area (Å²) in [5, 5.41) is 0. The number of rotatable bonds is 2. The molecule has 0 saturated heterocycles. The van der Waals surface area contributed by atoms with Crippen LogP contribution >= 0.6 is 0 Å². The van der Waals surface area contributed by atoms with E-state index >= 15 is 0 Å². The van der Waals surface area contributed by atoms with Gasteiger partial charge in [0.2, 0.25) is 0 Å². The molecule has 16 heavy (non-hydrogen) atoms. The van der Waals surface area contributed by atoms with E-state index in [0.717, 1.165) is 18.0 Å². The zero-order valence-electron chi connectivity index (χ0n) is 8.72. The Bertz CT molecular complexity index is 503. The molecule has 0 fully saturated rings.